The number of benzene rings is 1. The molecule has 1 aliphatic carbocycles. The number of ether oxygens (including phenoxy) is 2. The zero-order valence-electron chi connectivity index (χ0n) is 18.9. The van der Waals surface area contributed by atoms with E-state index in [9.17, 15) is 13.2 Å². The molecule has 0 radical (unpaired) electrons. The zero-order chi connectivity index (χ0) is 23.1. The van der Waals surface area contributed by atoms with Crippen molar-refractivity contribution in [3.63, 3.8) is 0 Å². The maximum absolute atomic E-state index is 12.4. The average molecular weight is 466 g/mol. The van der Waals surface area contributed by atoms with E-state index in [1.807, 2.05) is 6.92 Å². The highest BCUT2D eigenvalue weighted by Gasteiger charge is 2.51. The number of anilines is 1. The van der Waals surface area contributed by atoms with Gasteiger partial charge < -0.3 is 14.4 Å². The van der Waals surface area contributed by atoms with Crippen molar-refractivity contribution in [1.82, 2.24) is 19.6 Å². The van der Waals surface area contributed by atoms with E-state index in [-0.39, 0.29) is 11.3 Å². The van der Waals surface area contributed by atoms with Gasteiger partial charge in [-0.2, -0.15) is 5.10 Å². The molecule has 1 aromatic carbocycles. The maximum atomic E-state index is 12.4. The number of halogens is 3. The van der Waals surface area contributed by atoms with Crippen LogP contribution in [0.25, 0.3) is 5.69 Å². The van der Waals surface area contributed by atoms with Gasteiger partial charge in [0.1, 0.15) is 5.75 Å². The summed E-state index contributed by atoms with van der Waals surface area (Å²) in [6.07, 6.45) is -2.26. The largest absolute Gasteiger partial charge is 0.573 e. The Hall–Kier alpha value is -2.30. The van der Waals surface area contributed by atoms with Crippen LogP contribution in [0.4, 0.5) is 19.0 Å². The van der Waals surface area contributed by atoms with E-state index in [0.717, 1.165) is 70.5 Å². The van der Waals surface area contributed by atoms with E-state index in [0.29, 0.717) is 5.69 Å². The quantitative estimate of drug-likeness (QED) is 0.654. The maximum Gasteiger partial charge on any atom is 0.573 e. The first-order chi connectivity index (χ1) is 15.8. The van der Waals surface area contributed by atoms with Crippen LogP contribution in [0.15, 0.2) is 30.3 Å². The van der Waals surface area contributed by atoms with E-state index < -0.39 is 6.36 Å². The van der Waals surface area contributed by atoms with Crippen molar-refractivity contribution in [3.8, 4) is 11.4 Å². The lowest BCUT2D eigenvalue weighted by molar-refractivity contribution is -0.274. The first-order valence-electron chi connectivity index (χ1n) is 11.5. The van der Waals surface area contributed by atoms with Crippen LogP contribution in [-0.2, 0) is 4.74 Å². The van der Waals surface area contributed by atoms with Gasteiger partial charge in [0.15, 0.2) is 5.82 Å². The monoisotopic (exact) mass is 465 g/mol. The fourth-order valence-electron chi connectivity index (χ4n) is 4.93. The fraction of sp³-hybridized carbons (Fsp3) is 0.609. The lowest BCUT2D eigenvalue weighted by atomic mass is 10.1. The molecule has 0 bridgehead atoms. The topological polar surface area (TPSA) is 46.0 Å². The van der Waals surface area contributed by atoms with Crippen LogP contribution >= 0.6 is 0 Å². The van der Waals surface area contributed by atoms with Gasteiger partial charge in [-0.1, -0.05) is 0 Å². The molecule has 0 N–H and O–H groups in total. The highest BCUT2D eigenvalue weighted by atomic mass is 19.4. The summed E-state index contributed by atoms with van der Waals surface area (Å²) in [5, 5.41) is 4.78. The smallest absolute Gasteiger partial charge is 0.406 e. The molecule has 2 saturated heterocycles. The minimum absolute atomic E-state index is 0.236. The Morgan fingerprint density at radius 3 is 2.42 bits per heavy atom. The second-order valence-corrected chi connectivity index (χ2v) is 9.18. The van der Waals surface area contributed by atoms with Gasteiger partial charge in [-0.05, 0) is 44.0 Å². The molecule has 3 heterocycles. The summed E-state index contributed by atoms with van der Waals surface area (Å²) < 4.78 is 48.5. The number of rotatable bonds is 6. The van der Waals surface area contributed by atoms with E-state index in [1.54, 1.807) is 16.8 Å². The molecule has 2 aromatic rings. The van der Waals surface area contributed by atoms with Gasteiger partial charge in [0.25, 0.3) is 0 Å². The highest BCUT2D eigenvalue weighted by molar-refractivity contribution is 5.46. The van der Waals surface area contributed by atoms with Crippen molar-refractivity contribution in [1.29, 1.82) is 0 Å². The van der Waals surface area contributed by atoms with E-state index in [4.69, 9.17) is 9.84 Å². The third-order valence-corrected chi connectivity index (χ3v) is 6.93. The summed E-state index contributed by atoms with van der Waals surface area (Å²) in [7, 11) is 0. The molecule has 7 nitrogen and oxygen atoms in total. The minimum Gasteiger partial charge on any atom is -0.406 e. The van der Waals surface area contributed by atoms with Gasteiger partial charge in [0.2, 0.25) is 0 Å². The number of nitrogens with zero attached hydrogens (tertiary/aromatic N) is 5. The highest BCUT2D eigenvalue weighted by Crippen LogP contribution is 2.45. The Morgan fingerprint density at radius 1 is 1.03 bits per heavy atom. The van der Waals surface area contributed by atoms with Gasteiger partial charge in [0, 0.05) is 63.1 Å². The standard InChI is InChI=1S/C23H30F3N5O2/c1-18-16-21(27-31(18)19-2-4-20(5-3-19)33-23(24,25)26)29-9-11-30(22(17-29)6-7-22)10-8-28-12-14-32-15-13-28/h2-5,16H,6-15,17H2,1H3. The second-order valence-electron chi connectivity index (χ2n) is 9.18. The summed E-state index contributed by atoms with van der Waals surface area (Å²) in [5.74, 6) is 0.683. The number of aromatic nitrogens is 2. The first kappa shape index (κ1) is 22.5. The molecule has 3 fully saturated rings. The summed E-state index contributed by atoms with van der Waals surface area (Å²) in [4.78, 5) is 7.49. The summed E-state index contributed by atoms with van der Waals surface area (Å²) >= 11 is 0. The molecule has 180 valence electrons. The molecule has 0 atom stereocenters. The van der Waals surface area contributed by atoms with Crippen LogP contribution in [0.2, 0.25) is 0 Å². The van der Waals surface area contributed by atoms with Gasteiger partial charge in [0.05, 0.1) is 18.9 Å². The minimum atomic E-state index is -4.70. The SMILES string of the molecule is Cc1cc(N2CCN(CCN3CCOCC3)C3(CC3)C2)nn1-c1ccc(OC(F)(F)F)cc1. The van der Waals surface area contributed by atoms with Crippen LogP contribution in [0.5, 0.6) is 5.75 Å². The normalized spacial score (nSPS) is 21.5. The third-order valence-electron chi connectivity index (χ3n) is 6.93. The molecular weight excluding hydrogens is 435 g/mol. The summed E-state index contributed by atoms with van der Waals surface area (Å²) in [6.45, 7) is 10.7. The van der Waals surface area contributed by atoms with E-state index in [2.05, 4.69) is 25.5 Å². The lowest BCUT2D eigenvalue weighted by Crippen LogP contribution is -2.57. The number of piperazine rings is 1. The predicted molar refractivity (Wildman–Crippen MR) is 118 cm³/mol. The molecule has 5 rings (SSSR count). The Bertz CT molecular complexity index is 952. The summed E-state index contributed by atoms with van der Waals surface area (Å²) in [6, 6.07) is 7.87. The number of hydrogen-bond acceptors (Lipinski definition) is 6. The molecule has 33 heavy (non-hydrogen) atoms. The number of aryl methyl sites for hydroxylation is 1. The predicted octanol–water partition coefficient (Wildman–Crippen LogP) is 3.07. The van der Waals surface area contributed by atoms with Crippen LogP contribution in [0.1, 0.15) is 18.5 Å². The van der Waals surface area contributed by atoms with Gasteiger partial charge >= 0.3 is 6.36 Å². The van der Waals surface area contributed by atoms with E-state index >= 15 is 0 Å². The Morgan fingerprint density at radius 2 is 1.76 bits per heavy atom. The molecule has 10 heteroatoms. The van der Waals surface area contributed by atoms with Crippen molar-refractivity contribution >= 4 is 5.82 Å². The van der Waals surface area contributed by atoms with Crippen LogP contribution in [0, 0.1) is 6.92 Å². The number of hydrogen-bond donors (Lipinski definition) is 0. The number of morpholine rings is 1. The molecule has 2 aliphatic heterocycles. The molecule has 1 spiro atoms. The molecule has 1 aromatic heterocycles. The number of alkyl halides is 3. The molecule has 0 unspecified atom stereocenters. The van der Waals surface area contributed by atoms with Gasteiger partial charge in [-0.25, -0.2) is 4.68 Å². The third kappa shape index (κ3) is 5.12. The van der Waals surface area contributed by atoms with Crippen molar-refractivity contribution in [2.45, 2.75) is 31.7 Å². The summed E-state index contributed by atoms with van der Waals surface area (Å²) in [5.41, 5.74) is 1.89. The fourth-order valence-corrected chi connectivity index (χ4v) is 4.93. The Labute approximate surface area is 191 Å². The van der Waals surface area contributed by atoms with Crippen molar-refractivity contribution < 1.29 is 22.6 Å². The van der Waals surface area contributed by atoms with Gasteiger partial charge in [-0.3, -0.25) is 9.80 Å². The molecule has 0 amide bonds. The zero-order valence-corrected chi connectivity index (χ0v) is 18.9. The van der Waals surface area contributed by atoms with E-state index in [1.165, 1.54) is 25.0 Å². The molecule has 3 aliphatic rings. The van der Waals surface area contributed by atoms with Crippen LogP contribution in [0.3, 0.4) is 0 Å². The average Bonchev–Trinajstić information content (AvgIpc) is 3.44. The molecule has 1 saturated carbocycles. The lowest BCUT2D eigenvalue weighted by Gasteiger charge is -2.43. The Kier molecular flexibility index (Phi) is 6.00. The van der Waals surface area contributed by atoms with Crippen molar-refractivity contribution in [3.05, 3.63) is 36.0 Å². The van der Waals surface area contributed by atoms with Crippen LogP contribution in [-0.4, -0.2) is 90.5 Å². The van der Waals surface area contributed by atoms with Crippen molar-refractivity contribution in [2.75, 3.05) is 63.9 Å². The van der Waals surface area contributed by atoms with Crippen LogP contribution < -0.4 is 9.64 Å². The van der Waals surface area contributed by atoms with Crippen molar-refractivity contribution in [2.24, 2.45) is 0 Å². The Balaban J connectivity index is 1.23. The molecular formula is C23H30F3N5O2. The van der Waals surface area contributed by atoms with Gasteiger partial charge in [-0.15, -0.1) is 13.2 Å². The second kappa shape index (κ2) is 8.81. The first-order valence-corrected chi connectivity index (χ1v) is 11.5.